The third-order valence-electron chi connectivity index (χ3n) is 5.86. The van der Waals surface area contributed by atoms with Gasteiger partial charge in [-0.1, -0.05) is 6.07 Å². The molecule has 128 valence electrons. The van der Waals surface area contributed by atoms with E-state index in [1.807, 2.05) is 18.5 Å². The van der Waals surface area contributed by atoms with E-state index in [0.717, 1.165) is 29.5 Å². The lowest BCUT2D eigenvalue weighted by atomic mass is 9.79. The molecule has 1 aromatic carbocycles. The Labute approximate surface area is 147 Å². The van der Waals surface area contributed by atoms with Crippen molar-refractivity contribution in [2.24, 2.45) is 11.8 Å². The fraction of sp³-hybridized carbons (Fsp3) is 0.381. The smallest absolute Gasteiger partial charge is 0.213 e. The number of hydrogen-bond acceptors (Lipinski definition) is 3. The highest BCUT2D eigenvalue weighted by atomic mass is 16.5. The van der Waals surface area contributed by atoms with Gasteiger partial charge in [0, 0.05) is 42.0 Å². The second-order valence-electron chi connectivity index (χ2n) is 7.37. The van der Waals surface area contributed by atoms with Crippen LogP contribution in [0.25, 0.3) is 22.0 Å². The lowest BCUT2D eigenvalue weighted by molar-refractivity contribution is 0.0248. The number of nitrogens with zero attached hydrogens (tertiary/aromatic N) is 2. The van der Waals surface area contributed by atoms with Gasteiger partial charge in [0.1, 0.15) is 0 Å². The molecular weight excluding hydrogens is 310 g/mol. The first-order valence-corrected chi connectivity index (χ1v) is 9.24. The van der Waals surface area contributed by atoms with Gasteiger partial charge >= 0.3 is 0 Å². The zero-order valence-electron chi connectivity index (χ0n) is 14.3. The molecule has 3 aromatic rings. The Balaban J connectivity index is 1.27. The van der Waals surface area contributed by atoms with Crippen molar-refractivity contribution >= 4 is 10.9 Å². The van der Waals surface area contributed by atoms with Crippen LogP contribution in [-0.2, 0) is 0 Å². The molecule has 4 nitrogen and oxygen atoms in total. The molecule has 3 aliphatic rings. The summed E-state index contributed by atoms with van der Waals surface area (Å²) in [4.78, 5) is 10.3. The topological polar surface area (TPSA) is 41.1 Å². The maximum absolute atomic E-state index is 6.00. The SMILES string of the molecule is c1cc2cc(-c3ccc(OCC4CN5CCC4CC5)nc3)ccc2[nH]1. The van der Waals surface area contributed by atoms with Gasteiger partial charge in [-0.15, -0.1) is 0 Å². The van der Waals surface area contributed by atoms with Gasteiger partial charge < -0.3 is 14.6 Å². The Morgan fingerprint density at radius 1 is 1.08 bits per heavy atom. The van der Waals surface area contributed by atoms with Crippen molar-refractivity contribution in [3.8, 4) is 17.0 Å². The molecule has 1 unspecified atom stereocenters. The number of piperidine rings is 3. The third-order valence-corrected chi connectivity index (χ3v) is 5.86. The number of nitrogens with one attached hydrogen (secondary N) is 1. The molecule has 25 heavy (non-hydrogen) atoms. The number of hydrogen-bond donors (Lipinski definition) is 1. The van der Waals surface area contributed by atoms with Crippen LogP contribution in [0.15, 0.2) is 48.8 Å². The van der Waals surface area contributed by atoms with Crippen molar-refractivity contribution in [2.75, 3.05) is 26.2 Å². The molecule has 2 bridgehead atoms. The zero-order chi connectivity index (χ0) is 16.6. The van der Waals surface area contributed by atoms with Gasteiger partial charge in [-0.3, -0.25) is 0 Å². The molecule has 0 amide bonds. The van der Waals surface area contributed by atoms with Crippen LogP contribution in [0.3, 0.4) is 0 Å². The number of pyridine rings is 1. The number of benzene rings is 1. The highest BCUT2D eigenvalue weighted by Crippen LogP contribution is 2.32. The van der Waals surface area contributed by atoms with Crippen molar-refractivity contribution < 1.29 is 4.74 Å². The van der Waals surface area contributed by atoms with Crippen LogP contribution in [0.5, 0.6) is 5.88 Å². The normalized spacial score (nSPS) is 25.4. The molecule has 0 spiro atoms. The van der Waals surface area contributed by atoms with Gasteiger partial charge in [-0.25, -0.2) is 4.98 Å². The predicted molar refractivity (Wildman–Crippen MR) is 99.7 cm³/mol. The Kier molecular flexibility index (Phi) is 3.71. The summed E-state index contributed by atoms with van der Waals surface area (Å²) in [6.45, 7) is 4.54. The summed E-state index contributed by atoms with van der Waals surface area (Å²) >= 11 is 0. The maximum atomic E-state index is 6.00. The highest BCUT2D eigenvalue weighted by molar-refractivity contribution is 5.84. The third kappa shape index (κ3) is 2.91. The van der Waals surface area contributed by atoms with E-state index in [-0.39, 0.29) is 0 Å². The van der Waals surface area contributed by atoms with Gasteiger partial charge in [-0.05, 0) is 67.1 Å². The summed E-state index contributed by atoms with van der Waals surface area (Å²) in [7, 11) is 0. The average molecular weight is 333 g/mol. The lowest BCUT2D eigenvalue weighted by Crippen LogP contribution is -2.49. The van der Waals surface area contributed by atoms with E-state index in [4.69, 9.17) is 4.74 Å². The molecule has 1 atom stereocenters. The van der Waals surface area contributed by atoms with Gasteiger partial charge in [0.25, 0.3) is 0 Å². The molecule has 3 aliphatic heterocycles. The second kappa shape index (κ2) is 6.19. The maximum Gasteiger partial charge on any atom is 0.213 e. The van der Waals surface area contributed by atoms with Crippen LogP contribution in [-0.4, -0.2) is 41.1 Å². The number of rotatable bonds is 4. The molecule has 0 aliphatic carbocycles. The fourth-order valence-electron chi connectivity index (χ4n) is 4.34. The minimum absolute atomic E-state index is 0.667. The Morgan fingerprint density at radius 3 is 2.72 bits per heavy atom. The van der Waals surface area contributed by atoms with Gasteiger partial charge in [0.15, 0.2) is 0 Å². The molecular formula is C21H23N3O. The van der Waals surface area contributed by atoms with Crippen LogP contribution in [0.1, 0.15) is 12.8 Å². The summed E-state index contributed by atoms with van der Waals surface area (Å²) in [5, 5.41) is 1.22. The van der Waals surface area contributed by atoms with Gasteiger partial charge in [0.05, 0.1) is 6.61 Å². The molecule has 3 saturated heterocycles. The standard InChI is InChI=1S/C21H23N3O/c1-3-20-17(5-8-22-20)11-16(1)18-2-4-21(23-12-18)25-14-19-13-24-9-6-15(19)7-10-24/h1-5,8,11-12,15,19,22H,6-7,9-10,13-14H2. The molecule has 3 fully saturated rings. The fourth-order valence-corrected chi connectivity index (χ4v) is 4.34. The van der Waals surface area contributed by atoms with E-state index in [0.29, 0.717) is 5.92 Å². The first-order valence-electron chi connectivity index (χ1n) is 9.24. The van der Waals surface area contributed by atoms with Crippen molar-refractivity contribution in [1.82, 2.24) is 14.9 Å². The van der Waals surface area contributed by atoms with Crippen LogP contribution in [0.2, 0.25) is 0 Å². The van der Waals surface area contributed by atoms with Crippen molar-refractivity contribution in [2.45, 2.75) is 12.8 Å². The van der Waals surface area contributed by atoms with Gasteiger partial charge in [-0.2, -0.15) is 0 Å². The predicted octanol–water partition coefficient (Wildman–Crippen LogP) is 3.95. The Morgan fingerprint density at radius 2 is 1.96 bits per heavy atom. The summed E-state index contributed by atoms with van der Waals surface area (Å²) in [5.74, 6) is 2.25. The van der Waals surface area contributed by atoms with E-state index in [1.54, 1.807) is 0 Å². The first kappa shape index (κ1) is 15.0. The minimum Gasteiger partial charge on any atom is -0.477 e. The summed E-state index contributed by atoms with van der Waals surface area (Å²) in [5.41, 5.74) is 3.47. The van der Waals surface area contributed by atoms with Gasteiger partial charge in [0.2, 0.25) is 5.88 Å². The average Bonchev–Trinajstić information content (AvgIpc) is 3.15. The summed E-state index contributed by atoms with van der Waals surface area (Å²) < 4.78 is 6.00. The molecule has 0 radical (unpaired) electrons. The van der Waals surface area contributed by atoms with Crippen LogP contribution in [0.4, 0.5) is 0 Å². The summed E-state index contributed by atoms with van der Waals surface area (Å²) in [6, 6.07) is 12.6. The van der Waals surface area contributed by atoms with Crippen molar-refractivity contribution in [3.05, 3.63) is 48.8 Å². The van der Waals surface area contributed by atoms with Crippen LogP contribution in [0, 0.1) is 11.8 Å². The Hall–Kier alpha value is -2.33. The molecule has 4 heteroatoms. The number of aromatic amines is 1. The second-order valence-corrected chi connectivity index (χ2v) is 7.37. The highest BCUT2D eigenvalue weighted by Gasteiger charge is 2.34. The number of fused-ring (bicyclic) bond motifs is 4. The summed E-state index contributed by atoms with van der Waals surface area (Å²) in [6.07, 6.45) is 6.56. The quantitative estimate of drug-likeness (QED) is 0.786. The molecule has 5 heterocycles. The van der Waals surface area contributed by atoms with E-state index < -0.39 is 0 Å². The van der Waals surface area contributed by atoms with Crippen molar-refractivity contribution in [1.29, 1.82) is 0 Å². The zero-order valence-corrected chi connectivity index (χ0v) is 14.3. The molecule has 0 saturated carbocycles. The number of H-pyrrole nitrogens is 1. The van der Waals surface area contributed by atoms with Crippen molar-refractivity contribution in [3.63, 3.8) is 0 Å². The lowest BCUT2D eigenvalue weighted by Gasteiger charge is -2.44. The van der Waals surface area contributed by atoms with E-state index >= 15 is 0 Å². The van der Waals surface area contributed by atoms with E-state index in [9.17, 15) is 0 Å². The molecule has 1 N–H and O–H groups in total. The molecule has 6 rings (SSSR count). The molecule has 2 aromatic heterocycles. The first-order chi connectivity index (χ1) is 12.3. The van der Waals surface area contributed by atoms with E-state index in [2.05, 4.69) is 45.2 Å². The minimum atomic E-state index is 0.667. The van der Waals surface area contributed by atoms with Crippen LogP contribution >= 0.6 is 0 Å². The van der Waals surface area contributed by atoms with E-state index in [1.165, 1.54) is 43.4 Å². The van der Waals surface area contributed by atoms with Crippen LogP contribution < -0.4 is 4.74 Å². The largest absolute Gasteiger partial charge is 0.477 e. The number of ether oxygens (including phenoxy) is 1. The number of aromatic nitrogens is 2. The Bertz CT molecular complexity index is 862. The monoisotopic (exact) mass is 333 g/mol.